The van der Waals surface area contributed by atoms with E-state index in [4.69, 9.17) is 19.5 Å². The molecule has 174 valence electrons. The topological polar surface area (TPSA) is 96.3 Å². The molecule has 1 N–H and O–H groups in total. The summed E-state index contributed by atoms with van der Waals surface area (Å²) >= 11 is 0. The summed E-state index contributed by atoms with van der Waals surface area (Å²) in [6.45, 7) is 4.99. The second kappa shape index (κ2) is 9.57. The third-order valence-electron chi connectivity index (χ3n) is 6.30. The summed E-state index contributed by atoms with van der Waals surface area (Å²) in [7, 11) is 1.63. The zero-order valence-electron chi connectivity index (χ0n) is 19.4. The zero-order valence-corrected chi connectivity index (χ0v) is 19.4. The molecule has 0 spiro atoms. The van der Waals surface area contributed by atoms with Crippen molar-refractivity contribution in [1.29, 1.82) is 5.26 Å². The van der Waals surface area contributed by atoms with E-state index in [1.54, 1.807) is 7.11 Å². The maximum atomic E-state index is 8.87. The third kappa shape index (κ3) is 4.61. The Morgan fingerprint density at radius 3 is 2.76 bits per heavy atom. The highest BCUT2D eigenvalue weighted by molar-refractivity contribution is 5.87. The molecule has 8 nitrogen and oxygen atoms in total. The minimum absolute atomic E-state index is 0.451. The molecule has 8 heteroatoms. The molecule has 2 aromatic carbocycles. The number of nitriles is 1. The van der Waals surface area contributed by atoms with Gasteiger partial charge in [0.15, 0.2) is 11.5 Å². The molecule has 1 aliphatic heterocycles. The summed E-state index contributed by atoms with van der Waals surface area (Å²) in [5.74, 6) is 2.89. The van der Waals surface area contributed by atoms with E-state index in [9.17, 15) is 0 Å². The van der Waals surface area contributed by atoms with Crippen LogP contribution in [0.15, 0.2) is 42.7 Å². The lowest BCUT2D eigenvalue weighted by atomic mass is 9.98. The predicted molar refractivity (Wildman–Crippen MR) is 129 cm³/mol. The number of rotatable bonds is 7. The number of H-pyrrole nitrogens is 1. The summed E-state index contributed by atoms with van der Waals surface area (Å²) in [6, 6.07) is 14.0. The average molecular weight is 458 g/mol. The smallest absolute Gasteiger partial charge is 0.230 e. The fraction of sp³-hybridized carbons (Fsp3) is 0.346. The van der Waals surface area contributed by atoms with Crippen molar-refractivity contribution in [2.75, 3.05) is 33.4 Å². The second-order valence-electron chi connectivity index (χ2n) is 8.69. The summed E-state index contributed by atoms with van der Waals surface area (Å²) in [5.41, 5.74) is 2.89. The van der Waals surface area contributed by atoms with Gasteiger partial charge in [-0.25, -0.2) is 9.97 Å². The minimum atomic E-state index is 0.451. The molecule has 5 rings (SSSR count). The van der Waals surface area contributed by atoms with Crippen LogP contribution in [0.4, 0.5) is 0 Å². The summed E-state index contributed by atoms with van der Waals surface area (Å²) in [6.07, 6.45) is 3.53. The SMILES string of the molecule is COc1cc2c(Oc3ccc4[nH]c(C)cc4c3)ncnc2cc1OCC1CCN(CC#N)CC1. The van der Waals surface area contributed by atoms with Gasteiger partial charge in [0, 0.05) is 22.7 Å². The molecule has 4 aromatic rings. The van der Waals surface area contributed by atoms with E-state index in [1.165, 1.54) is 6.33 Å². The Balaban J connectivity index is 1.34. The predicted octanol–water partition coefficient (Wildman–Crippen LogP) is 4.83. The van der Waals surface area contributed by atoms with Gasteiger partial charge in [-0.05, 0) is 69.1 Å². The molecule has 3 heterocycles. The quantitative estimate of drug-likeness (QED) is 0.397. The van der Waals surface area contributed by atoms with Crippen molar-refractivity contribution in [2.24, 2.45) is 5.92 Å². The van der Waals surface area contributed by atoms with Crippen molar-refractivity contribution in [3.8, 4) is 29.2 Å². The number of ether oxygens (including phenoxy) is 3. The van der Waals surface area contributed by atoms with Crippen LogP contribution in [-0.4, -0.2) is 53.2 Å². The van der Waals surface area contributed by atoms with Crippen LogP contribution in [-0.2, 0) is 0 Å². The standard InChI is InChI=1S/C26H27N5O3/c1-17-11-19-12-20(3-4-22(19)30-17)34-26-21-13-24(32-2)25(14-23(21)28-16-29-26)33-15-18-5-8-31(9-6-18)10-7-27/h3-4,11-14,16,18,30H,5-6,8-10,15H2,1-2H3. The van der Waals surface area contributed by atoms with Crippen LogP contribution in [0, 0.1) is 24.2 Å². The number of piperidine rings is 1. The van der Waals surface area contributed by atoms with Gasteiger partial charge in [0.05, 0.1) is 37.2 Å². The Hall–Kier alpha value is -3.83. The molecule has 0 aliphatic carbocycles. The second-order valence-corrected chi connectivity index (χ2v) is 8.69. The summed E-state index contributed by atoms with van der Waals surface area (Å²) in [4.78, 5) is 14.3. The van der Waals surface area contributed by atoms with Gasteiger partial charge in [0.2, 0.25) is 5.88 Å². The largest absolute Gasteiger partial charge is 0.493 e. The zero-order chi connectivity index (χ0) is 23.5. The molecular weight excluding hydrogens is 430 g/mol. The Morgan fingerprint density at radius 2 is 1.97 bits per heavy atom. The van der Waals surface area contributed by atoms with Gasteiger partial charge in [-0.15, -0.1) is 0 Å². The Bertz CT molecular complexity index is 1350. The van der Waals surface area contributed by atoms with Crippen LogP contribution >= 0.6 is 0 Å². The number of benzene rings is 2. The number of aromatic nitrogens is 3. The molecule has 1 aliphatic rings. The van der Waals surface area contributed by atoms with Crippen molar-refractivity contribution >= 4 is 21.8 Å². The number of hydrogen-bond donors (Lipinski definition) is 1. The van der Waals surface area contributed by atoms with E-state index in [2.05, 4.69) is 32.0 Å². The van der Waals surface area contributed by atoms with Crippen molar-refractivity contribution < 1.29 is 14.2 Å². The van der Waals surface area contributed by atoms with Crippen LogP contribution in [0.2, 0.25) is 0 Å². The van der Waals surface area contributed by atoms with Crippen LogP contribution in [0.1, 0.15) is 18.5 Å². The van der Waals surface area contributed by atoms with Crippen LogP contribution < -0.4 is 14.2 Å². The number of likely N-dealkylation sites (tertiary alicyclic amines) is 1. The first-order valence-corrected chi connectivity index (χ1v) is 11.4. The lowest BCUT2D eigenvalue weighted by molar-refractivity contribution is 0.149. The molecule has 2 aromatic heterocycles. The normalized spacial score (nSPS) is 14.9. The number of hydrogen-bond acceptors (Lipinski definition) is 7. The highest BCUT2D eigenvalue weighted by Crippen LogP contribution is 2.37. The Morgan fingerprint density at radius 1 is 1.12 bits per heavy atom. The molecular formula is C26H27N5O3. The van der Waals surface area contributed by atoms with E-state index in [1.807, 2.05) is 37.3 Å². The molecule has 0 atom stereocenters. The van der Waals surface area contributed by atoms with E-state index < -0.39 is 0 Å². The van der Waals surface area contributed by atoms with Gasteiger partial charge in [0.1, 0.15) is 12.1 Å². The van der Waals surface area contributed by atoms with Crippen LogP contribution in [0.25, 0.3) is 21.8 Å². The third-order valence-corrected chi connectivity index (χ3v) is 6.30. The first-order valence-electron chi connectivity index (χ1n) is 11.4. The van der Waals surface area contributed by atoms with Crippen molar-refractivity contribution in [3.05, 3.63) is 48.4 Å². The first-order chi connectivity index (χ1) is 16.6. The van der Waals surface area contributed by atoms with Gasteiger partial charge >= 0.3 is 0 Å². The lowest BCUT2D eigenvalue weighted by Gasteiger charge is -2.30. The number of fused-ring (bicyclic) bond motifs is 2. The van der Waals surface area contributed by atoms with Gasteiger partial charge in [-0.1, -0.05) is 0 Å². The van der Waals surface area contributed by atoms with E-state index in [-0.39, 0.29) is 0 Å². The molecule has 1 saturated heterocycles. The first kappa shape index (κ1) is 22.0. The van der Waals surface area contributed by atoms with Crippen molar-refractivity contribution in [3.63, 3.8) is 0 Å². The Labute approximate surface area is 198 Å². The molecule has 0 amide bonds. The van der Waals surface area contributed by atoms with Gasteiger partial charge in [-0.2, -0.15) is 5.26 Å². The van der Waals surface area contributed by atoms with E-state index in [0.717, 1.165) is 53.4 Å². The molecule has 0 unspecified atom stereocenters. The van der Waals surface area contributed by atoms with Crippen molar-refractivity contribution in [1.82, 2.24) is 19.9 Å². The fourth-order valence-corrected chi connectivity index (χ4v) is 4.44. The number of methoxy groups -OCH3 is 1. The summed E-state index contributed by atoms with van der Waals surface area (Å²) in [5, 5.41) is 10.7. The maximum Gasteiger partial charge on any atom is 0.230 e. The van der Waals surface area contributed by atoms with Crippen LogP contribution in [0.5, 0.6) is 23.1 Å². The van der Waals surface area contributed by atoms with Gasteiger partial charge < -0.3 is 19.2 Å². The average Bonchev–Trinajstić information content (AvgIpc) is 3.22. The minimum Gasteiger partial charge on any atom is -0.493 e. The molecule has 0 saturated carbocycles. The molecule has 1 fully saturated rings. The van der Waals surface area contributed by atoms with Gasteiger partial charge in [0.25, 0.3) is 0 Å². The monoisotopic (exact) mass is 457 g/mol. The van der Waals surface area contributed by atoms with E-state index in [0.29, 0.717) is 42.2 Å². The number of nitrogens with zero attached hydrogens (tertiary/aromatic N) is 4. The van der Waals surface area contributed by atoms with Gasteiger partial charge in [-0.3, -0.25) is 4.90 Å². The van der Waals surface area contributed by atoms with E-state index >= 15 is 0 Å². The number of nitrogens with one attached hydrogen (secondary N) is 1. The lowest BCUT2D eigenvalue weighted by Crippen LogP contribution is -2.35. The molecule has 0 radical (unpaired) electrons. The maximum absolute atomic E-state index is 8.87. The number of aromatic amines is 1. The van der Waals surface area contributed by atoms with Crippen molar-refractivity contribution in [2.45, 2.75) is 19.8 Å². The highest BCUT2D eigenvalue weighted by atomic mass is 16.5. The van der Waals surface area contributed by atoms with Crippen LogP contribution in [0.3, 0.4) is 0 Å². The molecule has 0 bridgehead atoms. The number of aryl methyl sites for hydroxylation is 1. The summed E-state index contributed by atoms with van der Waals surface area (Å²) < 4.78 is 17.9. The Kier molecular flexibility index (Phi) is 6.19. The molecule has 34 heavy (non-hydrogen) atoms. The fourth-order valence-electron chi connectivity index (χ4n) is 4.44. The highest BCUT2D eigenvalue weighted by Gasteiger charge is 2.21.